The zero-order valence-electron chi connectivity index (χ0n) is 11.2. The Hall–Kier alpha value is -2.27. The number of benzene rings is 2. The van der Waals surface area contributed by atoms with Gasteiger partial charge in [0.25, 0.3) is 5.91 Å². The molecule has 21 heavy (non-hydrogen) atoms. The van der Waals surface area contributed by atoms with Gasteiger partial charge in [0.1, 0.15) is 11.3 Å². The van der Waals surface area contributed by atoms with Crippen LogP contribution in [0.4, 0.5) is 5.69 Å². The Kier molecular flexibility index (Phi) is 3.66. The smallest absolute Gasteiger partial charge is 0.291 e. The average molecular weight is 346 g/mol. The van der Waals surface area contributed by atoms with Crippen LogP contribution in [0.1, 0.15) is 10.6 Å². The minimum Gasteiger partial charge on any atom is -0.495 e. The van der Waals surface area contributed by atoms with Gasteiger partial charge >= 0.3 is 0 Å². The molecule has 3 rings (SSSR count). The molecule has 1 heterocycles. The van der Waals surface area contributed by atoms with Gasteiger partial charge < -0.3 is 14.5 Å². The molecule has 0 spiro atoms. The number of methoxy groups -OCH3 is 1. The van der Waals surface area contributed by atoms with E-state index in [2.05, 4.69) is 21.2 Å². The molecule has 0 aliphatic heterocycles. The van der Waals surface area contributed by atoms with Crippen molar-refractivity contribution in [3.8, 4) is 5.75 Å². The lowest BCUT2D eigenvalue weighted by molar-refractivity contribution is 0.0998. The maximum Gasteiger partial charge on any atom is 0.291 e. The number of carbonyl (C=O) groups excluding carboxylic acids is 1. The monoisotopic (exact) mass is 345 g/mol. The molecule has 0 unspecified atom stereocenters. The highest BCUT2D eigenvalue weighted by molar-refractivity contribution is 9.10. The van der Waals surface area contributed by atoms with Crippen LogP contribution in [0, 0.1) is 0 Å². The van der Waals surface area contributed by atoms with Crippen molar-refractivity contribution >= 4 is 38.5 Å². The van der Waals surface area contributed by atoms with Crippen LogP contribution in [0.2, 0.25) is 0 Å². The summed E-state index contributed by atoms with van der Waals surface area (Å²) in [5.41, 5.74) is 1.27. The van der Waals surface area contributed by atoms with Crippen LogP contribution in [-0.4, -0.2) is 13.0 Å². The first kappa shape index (κ1) is 13.7. The van der Waals surface area contributed by atoms with E-state index < -0.39 is 0 Å². The average Bonchev–Trinajstić information content (AvgIpc) is 2.93. The van der Waals surface area contributed by atoms with Gasteiger partial charge in [0.15, 0.2) is 5.76 Å². The summed E-state index contributed by atoms with van der Waals surface area (Å²) >= 11 is 3.36. The summed E-state index contributed by atoms with van der Waals surface area (Å²) < 4.78 is 11.7. The molecule has 0 fully saturated rings. The van der Waals surface area contributed by atoms with E-state index in [1.165, 1.54) is 0 Å². The number of furan rings is 1. The van der Waals surface area contributed by atoms with Gasteiger partial charge in [-0.15, -0.1) is 0 Å². The maximum absolute atomic E-state index is 12.3. The fourth-order valence-electron chi connectivity index (χ4n) is 2.05. The SMILES string of the molecule is COc1cc(Br)ccc1NC(=O)c1cc2ccccc2o1. The van der Waals surface area contributed by atoms with Crippen molar-refractivity contribution in [2.45, 2.75) is 0 Å². The number of fused-ring (bicyclic) bond motifs is 1. The molecule has 0 radical (unpaired) electrons. The maximum atomic E-state index is 12.3. The molecule has 0 aliphatic rings. The number of anilines is 1. The number of hydrogen-bond acceptors (Lipinski definition) is 3. The van der Waals surface area contributed by atoms with E-state index in [-0.39, 0.29) is 11.7 Å². The third-order valence-corrected chi connectivity index (χ3v) is 3.55. The van der Waals surface area contributed by atoms with Crippen molar-refractivity contribution in [2.75, 3.05) is 12.4 Å². The van der Waals surface area contributed by atoms with Crippen LogP contribution in [0.15, 0.2) is 57.4 Å². The van der Waals surface area contributed by atoms with E-state index in [0.29, 0.717) is 17.0 Å². The summed E-state index contributed by atoms with van der Waals surface area (Å²) in [7, 11) is 1.55. The minimum atomic E-state index is -0.313. The molecule has 2 aromatic carbocycles. The second-order valence-corrected chi connectivity index (χ2v) is 5.36. The number of para-hydroxylation sites is 1. The fraction of sp³-hybridized carbons (Fsp3) is 0.0625. The van der Waals surface area contributed by atoms with E-state index in [9.17, 15) is 4.79 Å². The summed E-state index contributed by atoms with van der Waals surface area (Å²) in [6.07, 6.45) is 0. The van der Waals surface area contributed by atoms with E-state index in [1.54, 1.807) is 25.3 Å². The molecule has 3 aromatic rings. The first-order chi connectivity index (χ1) is 10.2. The number of ether oxygens (including phenoxy) is 1. The predicted molar refractivity (Wildman–Crippen MR) is 84.9 cm³/mol. The molecule has 1 N–H and O–H groups in total. The molecule has 1 aromatic heterocycles. The van der Waals surface area contributed by atoms with Gasteiger partial charge in [0.2, 0.25) is 0 Å². The summed E-state index contributed by atoms with van der Waals surface area (Å²) in [6.45, 7) is 0. The molecule has 0 saturated heterocycles. The van der Waals surface area contributed by atoms with Crippen LogP contribution in [0.5, 0.6) is 5.75 Å². The zero-order valence-corrected chi connectivity index (χ0v) is 12.8. The Morgan fingerprint density at radius 2 is 2.00 bits per heavy atom. The number of hydrogen-bond donors (Lipinski definition) is 1. The number of halogens is 1. The third-order valence-electron chi connectivity index (χ3n) is 3.06. The zero-order chi connectivity index (χ0) is 14.8. The normalized spacial score (nSPS) is 10.6. The van der Waals surface area contributed by atoms with Crippen LogP contribution >= 0.6 is 15.9 Å². The van der Waals surface area contributed by atoms with E-state index in [0.717, 1.165) is 9.86 Å². The van der Waals surface area contributed by atoms with E-state index in [4.69, 9.17) is 9.15 Å². The highest BCUT2D eigenvalue weighted by Crippen LogP contribution is 2.29. The summed E-state index contributed by atoms with van der Waals surface area (Å²) in [4.78, 5) is 12.3. The van der Waals surface area contributed by atoms with Gasteiger partial charge in [0.05, 0.1) is 12.8 Å². The van der Waals surface area contributed by atoms with Gasteiger partial charge in [-0.25, -0.2) is 0 Å². The van der Waals surface area contributed by atoms with Crippen LogP contribution in [0.3, 0.4) is 0 Å². The second kappa shape index (κ2) is 5.61. The third kappa shape index (κ3) is 2.78. The molecule has 0 aliphatic carbocycles. The Morgan fingerprint density at radius 1 is 1.19 bits per heavy atom. The molecule has 5 heteroatoms. The van der Waals surface area contributed by atoms with Crippen LogP contribution in [-0.2, 0) is 0 Å². The van der Waals surface area contributed by atoms with Crippen molar-refractivity contribution in [3.05, 3.63) is 58.8 Å². The minimum absolute atomic E-state index is 0.265. The summed E-state index contributed by atoms with van der Waals surface area (Å²) in [5.74, 6) is 0.529. The van der Waals surface area contributed by atoms with E-state index >= 15 is 0 Å². The number of amides is 1. The molecule has 0 saturated carbocycles. The van der Waals surface area contributed by atoms with Gasteiger partial charge in [-0.05, 0) is 30.3 Å². The largest absolute Gasteiger partial charge is 0.495 e. The summed E-state index contributed by atoms with van der Waals surface area (Å²) in [6, 6.07) is 14.6. The highest BCUT2D eigenvalue weighted by Gasteiger charge is 2.14. The highest BCUT2D eigenvalue weighted by atomic mass is 79.9. The first-order valence-corrected chi connectivity index (χ1v) is 7.10. The van der Waals surface area contributed by atoms with Crippen molar-refractivity contribution in [1.82, 2.24) is 0 Å². The number of nitrogens with one attached hydrogen (secondary N) is 1. The van der Waals surface area contributed by atoms with Crippen molar-refractivity contribution in [3.63, 3.8) is 0 Å². The van der Waals surface area contributed by atoms with Crippen molar-refractivity contribution in [1.29, 1.82) is 0 Å². The van der Waals surface area contributed by atoms with E-state index in [1.807, 2.05) is 30.3 Å². The lowest BCUT2D eigenvalue weighted by Crippen LogP contribution is -2.11. The van der Waals surface area contributed by atoms with Crippen molar-refractivity contribution < 1.29 is 13.9 Å². The summed E-state index contributed by atoms with van der Waals surface area (Å²) in [5, 5.41) is 3.68. The molecule has 1 amide bonds. The standard InChI is InChI=1S/C16H12BrNO3/c1-20-14-9-11(17)6-7-12(14)18-16(19)15-8-10-4-2-3-5-13(10)21-15/h2-9H,1H3,(H,18,19). The van der Waals surface area contributed by atoms with Gasteiger partial charge in [-0.3, -0.25) is 4.79 Å². The lowest BCUT2D eigenvalue weighted by Gasteiger charge is -2.09. The molecule has 4 nitrogen and oxygen atoms in total. The molecule has 0 atom stereocenters. The van der Waals surface area contributed by atoms with Gasteiger partial charge in [0, 0.05) is 9.86 Å². The number of carbonyl (C=O) groups is 1. The predicted octanol–water partition coefficient (Wildman–Crippen LogP) is 4.46. The molecular weight excluding hydrogens is 334 g/mol. The van der Waals surface area contributed by atoms with Gasteiger partial charge in [-0.1, -0.05) is 34.1 Å². The van der Waals surface area contributed by atoms with Crippen LogP contribution < -0.4 is 10.1 Å². The Labute approximate surface area is 129 Å². The first-order valence-electron chi connectivity index (χ1n) is 6.31. The fourth-order valence-corrected chi connectivity index (χ4v) is 2.39. The molecular formula is C16H12BrNO3. The van der Waals surface area contributed by atoms with Crippen molar-refractivity contribution in [2.24, 2.45) is 0 Å². The lowest BCUT2D eigenvalue weighted by atomic mass is 10.2. The molecule has 106 valence electrons. The van der Waals surface area contributed by atoms with Gasteiger partial charge in [-0.2, -0.15) is 0 Å². The topological polar surface area (TPSA) is 51.5 Å². The Morgan fingerprint density at radius 3 is 2.76 bits per heavy atom. The second-order valence-electron chi connectivity index (χ2n) is 4.45. The Balaban J connectivity index is 1.89. The molecule has 0 bridgehead atoms. The quantitative estimate of drug-likeness (QED) is 0.762. The van der Waals surface area contributed by atoms with Crippen LogP contribution in [0.25, 0.3) is 11.0 Å². The number of rotatable bonds is 3. The Bertz CT molecular complexity index is 777.